The van der Waals surface area contributed by atoms with Crippen LogP contribution in [0, 0.1) is 6.92 Å². The van der Waals surface area contributed by atoms with Crippen LogP contribution in [0.3, 0.4) is 0 Å². The van der Waals surface area contributed by atoms with Gasteiger partial charge in [-0.05, 0) is 36.8 Å². The summed E-state index contributed by atoms with van der Waals surface area (Å²) in [6.07, 6.45) is 0. The van der Waals surface area contributed by atoms with Gasteiger partial charge in [0.25, 0.3) is 11.8 Å². The van der Waals surface area contributed by atoms with Crippen molar-refractivity contribution in [3.63, 3.8) is 0 Å². The van der Waals surface area contributed by atoms with Gasteiger partial charge >= 0.3 is 0 Å². The molecular formula is C22H20N2O2. The monoisotopic (exact) mass is 344 g/mol. The maximum atomic E-state index is 12.8. The first kappa shape index (κ1) is 17.4. The molecule has 0 bridgehead atoms. The molecule has 1 atom stereocenters. The van der Waals surface area contributed by atoms with Gasteiger partial charge in [-0.3, -0.25) is 9.59 Å². The van der Waals surface area contributed by atoms with E-state index < -0.39 is 6.04 Å². The van der Waals surface area contributed by atoms with Gasteiger partial charge in [-0.15, -0.1) is 0 Å². The van der Waals surface area contributed by atoms with E-state index in [1.165, 1.54) is 0 Å². The molecule has 0 fully saturated rings. The fourth-order valence-corrected chi connectivity index (χ4v) is 2.60. The number of benzene rings is 3. The molecule has 4 nitrogen and oxygen atoms in total. The molecule has 0 aromatic heterocycles. The smallest absolute Gasteiger partial charge is 0.252 e. The second-order valence-corrected chi connectivity index (χ2v) is 6.04. The molecule has 2 N–H and O–H groups in total. The highest BCUT2D eigenvalue weighted by Gasteiger charge is 2.23. The predicted octanol–water partition coefficient (Wildman–Crippen LogP) is 4.10. The molecule has 3 aromatic carbocycles. The van der Waals surface area contributed by atoms with Gasteiger partial charge in [-0.1, -0.05) is 66.2 Å². The zero-order valence-corrected chi connectivity index (χ0v) is 14.5. The van der Waals surface area contributed by atoms with Crippen LogP contribution in [-0.2, 0) is 4.79 Å². The Kier molecular flexibility index (Phi) is 5.44. The standard InChI is InChI=1S/C22H20N2O2/c1-16-12-14-19(15-13-16)23-22(26)20(17-8-4-2-5-9-17)24-21(25)18-10-6-3-7-11-18/h2-15,20H,1H3,(H,23,26)(H,24,25). The van der Waals surface area contributed by atoms with E-state index >= 15 is 0 Å². The van der Waals surface area contributed by atoms with Crippen LogP contribution in [0.25, 0.3) is 0 Å². The normalized spacial score (nSPS) is 11.4. The summed E-state index contributed by atoms with van der Waals surface area (Å²) >= 11 is 0. The second kappa shape index (κ2) is 8.12. The SMILES string of the molecule is Cc1ccc(NC(=O)C(NC(=O)c2ccccc2)c2ccccc2)cc1. The minimum absolute atomic E-state index is 0.288. The molecule has 1 unspecified atom stereocenters. The Labute approximate surface area is 152 Å². The van der Waals surface area contributed by atoms with Crippen LogP contribution in [0.1, 0.15) is 27.5 Å². The summed E-state index contributed by atoms with van der Waals surface area (Å²) in [6.45, 7) is 1.98. The third-order valence-electron chi connectivity index (χ3n) is 4.03. The number of rotatable bonds is 5. The number of anilines is 1. The molecule has 0 saturated heterocycles. The minimum atomic E-state index is -0.787. The maximum Gasteiger partial charge on any atom is 0.252 e. The van der Waals surface area contributed by atoms with E-state index in [0.29, 0.717) is 11.3 Å². The van der Waals surface area contributed by atoms with Crippen LogP contribution in [0.5, 0.6) is 0 Å². The van der Waals surface area contributed by atoms with Crippen molar-refractivity contribution in [3.05, 3.63) is 102 Å². The Bertz CT molecular complexity index is 875. The van der Waals surface area contributed by atoms with E-state index in [2.05, 4.69) is 10.6 Å². The maximum absolute atomic E-state index is 12.8. The van der Waals surface area contributed by atoms with Crippen molar-refractivity contribution in [2.45, 2.75) is 13.0 Å². The third-order valence-corrected chi connectivity index (χ3v) is 4.03. The van der Waals surface area contributed by atoms with E-state index in [4.69, 9.17) is 0 Å². The zero-order valence-electron chi connectivity index (χ0n) is 14.5. The van der Waals surface area contributed by atoms with Gasteiger partial charge in [-0.25, -0.2) is 0 Å². The Morgan fingerprint density at radius 1 is 0.769 bits per heavy atom. The lowest BCUT2D eigenvalue weighted by Crippen LogP contribution is -2.37. The van der Waals surface area contributed by atoms with E-state index in [9.17, 15) is 9.59 Å². The first-order valence-corrected chi connectivity index (χ1v) is 8.42. The molecule has 0 spiro atoms. The molecule has 130 valence electrons. The summed E-state index contributed by atoms with van der Waals surface area (Å²) in [7, 11) is 0. The quantitative estimate of drug-likeness (QED) is 0.732. The highest BCUT2D eigenvalue weighted by atomic mass is 16.2. The van der Waals surface area contributed by atoms with Crippen LogP contribution >= 0.6 is 0 Å². The first-order valence-electron chi connectivity index (χ1n) is 8.42. The Hall–Kier alpha value is -3.40. The van der Waals surface area contributed by atoms with Crippen molar-refractivity contribution in [1.82, 2.24) is 5.32 Å². The van der Waals surface area contributed by atoms with Gasteiger partial charge in [-0.2, -0.15) is 0 Å². The van der Waals surface area contributed by atoms with Crippen LogP contribution in [0.2, 0.25) is 0 Å². The van der Waals surface area contributed by atoms with Crippen LogP contribution < -0.4 is 10.6 Å². The number of nitrogens with one attached hydrogen (secondary N) is 2. The molecule has 26 heavy (non-hydrogen) atoms. The molecule has 0 heterocycles. The summed E-state index contributed by atoms with van der Waals surface area (Å²) in [5.74, 6) is -0.581. The molecule has 0 aliphatic rings. The van der Waals surface area contributed by atoms with Crippen molar-refractivity contribution in [2.24, 2.45) is 0 Å². The van der Waals surface area contributed by atoms with E-state index in [0.717, 1.165) is 11.1 Å². The van der Waals surface area contributed by atoms with Gasteiger partial charge in [0.2, 0.25) is 0 Å². The lowest BCUT2D eigenvalue weighted by Gasteiger charge is -2.19. The predicted molar refractivity (Wildman–Crippen MR) is 103 cm³/mol. The molecule has 0 saturated carbocycles. The summed E-state index contributed by atoms with van der Waals surface area (Å²) in [5, 5.41) is 5.70. The van der Waals surface area contributed by atoms with Crippen LogP contribution in [0.15, 0.2) is 84.9 Å². The van der Waals surface area contributed by atoms with Gasteiger partial charge in [0.1, 0.15) is 6.04 Å². The molecule has 2 amide bonds. The minimum Gasteiger partial charge on any atom is -0.336 e. The third kappa shape index (κ3) is 4.36. The Balaban J connectivity index is 1.82. The largest absolute Gasteiger partial charge is 0.336 e. The summed E-state index contributed by atoms with van der Waals surface area (Å²) in [4.78, 5) is 25.4. The Morgan fingerprint density at radius 3 is 1.96 bits per heavy atom. The first-order chi connectivity index (χ1) is 12.6. The van der Waals surface area contributed by atoms with E-state index in [-0.39, 0.29) is 11.8 Å². The molecule has 3 rings (SSSR count). The van der Waals surface area contributed by atoms with E-state index in [1.807, 2.05) is 67.6 Å². The van der Waals surface area contributed by atoms with Crippen molar-refractivity contribution in [1.29, 1.82) is 0 Å². The highest BCUT2D eigenvalue weighted by Crippen LogP contribution is 2.17. The second-order valence-electron chi connectivity index (χ2n) is 6.04. The average molecular weight is 344 g/mol. The van der Waals surface area contributed by atoms with Crippen molar-refractivity contribution >= 4 is 17.5 Å². The molecular weight excluding hydrogens is 324 g/mol. The van der Waals surface area contributed by atoms with Crippen molar-refractivity contribution < 1.29 is 9.59 Å². The van der Waals surface area contributed by atoms with Crippen LogP contribution in [0.4, 0.5) is 5.69 Å². The molecule has 4 heteroatoms. The van der Waals surface area contributed by atoms with Crippen molar-refractivity contribution in [3.8, 4) is 0 Å². The fraction of sp³-hybridized carbons (Fsp3) is 0.0909. The topological polar surface area (TPSA) is 58.2 Å². The van der Waals surface area contributed by atoms with Gasteiger partial charge in [0.15, 0.2) is 0 Å². The number of carbonyl (C=O) groups excluding carboxylic acids is 2. The number of hydrogen-bond acceptors (Lipinski definition) is 2. The van der Waals surface area contributed by atoms with Gasteiger partial charge in [0, 0.05) is 11.3 Å². The molecule has 0 radical (unpaired) electrons. The van der Waals surface area contributed by atoms with Gasteiger partial charge < -0.3 is 10.6 Å². The number of amides is 2. The fourth-order valence-electron chi connectivity index (χ4n) is 2.60. The number of aryl methyl sites for hydroxylation is 1. The zero-order chi connectivity index (χ0) is 18.4. The molecule has 3 aromatic rings. The lowest BCUT2D eigenvalue weighted by atomic mass is 10.0. The van der Waals surface area contributed by atoms with Gasteiger partial charge in [0.05, 0.1) is 0 Å². The number of carbonyl (C=O) groups is 2. The summed E-state index contributed by atoms with van der Waals surface area (Å²) in [6, 6.07) is 24.8. The average Bonchev–Trinajstić information content (AvgIpc) is 2.69. The van der Waals surface area contributed by atoms with Crippen molar-refractivity contribution in [2.75, 3.05) is 5.32 Å². The van der Waals surface area contributed by atoms with E-state index in [1.54, 1.807) is 24.3 Å². The highest BCUT2D eigenvalue weighted by molar-refractivity contribution is 6.01. The van der Waals surface area contributed by atoms with Crippen LogP contribution in [-0.4, -0.2) is 11.8 Å². The lowest BCUT2D eigenvalue weighted by molar-refractivity contribution is -0.118. The number of hydrogen-bond donors (Lipinski definition) is 2. The molecule has 0 aliphatic heterocycles. The Morgan fingerprint density at radius 2 is 1.35 bits per heavy atom. The molecule has 0 aliphatic carbocycles. The summed E-state index contributed by atoms with van der Waals surface area (Å²) < 4.78 is 0. The summed E-state index contributed by atoms with van der Waals surface area (Å²) in [5.41, 5.74) is 3.04.